The van der Waals surface area contributed by atoms with Crippen LogP contribution >= 0.6 is 11.6 Å². The lowest BCUT2D eigenvalue weighted by Gasteiger charge is -2.11. The number of nitrogens with one attached hydrogen (secondary N) is 2. The highest BCUT2D eigenvalue weighted by Crippen LogP contribution is 2.17. The second kappa shape index (κ2) is 7.50. The van der Waals surface area contributed by atoms with Gasteiger partial charge in [0.25, 0.3) is 5.91 Å². The minimum absolute atomic E-state index is 0.143. The van der Waals surface area contributed by atoms with Crippen molar-refractivity contribution in [1.82, 2.24) is 0 Å². The quantitative estimate of drug-likeness (QED) is 0.854. The summed E-state index contributed by atoms with van der Waals surface area (Å²) in [7, 11) is 0. The predicted octanol–water partition coefficient (Wildman–Crippen LogP) is 4.49. The Morgan fingerprint density at radius 3 is 2.48 bits per heavy atom. The smallest absolute Gasteiger partial charge is 0.257 e. The topological polar surface area (TPSA) is 41.1 Å². The molecule has 108 valence electrons. The molecule has 0 aromatic heterocycles. The van der Waals surface area contributed by atoms with Crippen LogP contribution < -0.4 is 10.6 Å². The Balaban J connectivity index is 2.11. The van der Waals surface area contributed by atoms with Gasteiger partial charge in [0.05, 0.1) is 5.56 Å². The monoisotopic (exact) mass is 300 g/mol. The molecule has 0 saturated carbocycles. The fourth-order valence-corrected chi connectivity index (χ4v) is 1.93. The van der Waals surface area contributed by atoms with Crippen LogP contribution in [0.1, 0.15) is 17.3 Å². The molecule has 1 amide bonds. The molecule has 3 nitrogen and oxygen atoms in total. The molecular formula is C17H17ClN2O. The highest BCUT2D eigenvalue weighted by atomic mass is 35.5. The molecule has 0 aliphatic heterocycles. The molecular weight excluding hydrogens is 284 g/mol. The van der Waals surface area contributed by atoms with E-state index in [0.29, 0.717) is 17.1 Å². The molecule has 0 fully saturated rings. The maximum atomic E-state index is 12.3. The number of carbonyl (C=O) groups excluding carboxylic acids is 1. The third kappa shape index (κ3) is 4.65. The summed E-state index contributed by atoms with van der Waals surface area (Å²) in [4.78, 5) is 12.3. The number of benzene rings is 2. The summed E-state index contributed by atoms with van der Waals surface area (Å²) < 4.78 is 0. The molecule has 0 radical (unpaired) electrons. The molecule has 0 unspecified atom stereocenters. The molecule has 0 saturated heterocycles. The molecule has 0 aliphatic carbocycles. The SMILES string of the molecule is C/C(Cl)=C\CNc1ccccc1C(=O)Nc1ccccc1. The minimum atomic E-state index is -0.143. The fourth-order valence-electron chi connectivity index (χ4n) is 1.86. The van der Waals surface area contributed by atoms with Gasteiger partial charge in [-0.15, -0.1) is 0 Å². The Morgan fingerprint density at radius 2 is 1.76 bits per heavy atom. The summed E-state index contributed by atoms with van der Waals surface area (Å²) in [6, 6.07) is 16.8. The highest BCUT2D eigenvalue weighted by molar-refractivity contribution is 6.29. The molecule has 0 bridgehead atoms. The van der Waals surface area contributed by atoms with Crippen molar-refractivity contribution in [3.05, 3.63) is 71.3 Å². The van der Waals surface area contributed by atoms with Crippen LogP contribution in [0.5, 0.6) is 0 Å². The first kappa shape index (κ1) is 15.1. The molecule has 0 spiro atoms. The molecule has 2 aromatic rings. The van der Waals surface area contributed by atoms with Crippen LogP contribution in [0.4, 0.5) is 11.4 Å². The van der Waals surface area contributed by atoms with Crippen molar-refractivity contribution in [2.24, 2.45) is 0 Å². The van der Waals surface area contributed by atoms with E-state index in [1.54, 1.807) is 6.07 Å². The lowest BCUT2D eigenvalue weighted by atomic mass is 10.1. The van der Waals surface area contributed by atoms with Gasteiger partial charge in [-0.25, -0.2) is 0 Å². The van der Waals surface area contributed by atoms with Crippen LogP contribution in [-0.2, 0) is 0 Å². The summed E-state index contributed by atoms with van der Waals surface area (Å²) in [6.45, 7) is 2.39. The maximum Gasteiger partial charge on any atom is 0.257 e. The summed E-state index contributed by atoms with van der Waals surface area (Å²) in [5.41, 5.74) is 2.15. The van der Waals surface area contributed by atoms with Crippen LogP contribution in [0.25, 0.3) is 0 Å². The van der Waals surface area contributed by atoms with Crippen molar-refractivity contribution >= 4 is 28.9 Å². The van der Waals surface area contributed by atoms with Crippen molar-refractivity contribution in [3.63, 3.8) is 0 Å². The van der Waals surface area contributed by atoms with Crippen LogP contribution in [0, 0.1) is 0 Å². The summed E-state index contributed by atoms with van der Waals surface area (Å²) in [6.07, 6.45) is 1.85. The lowest BCUT2D eigenvalue weighted by molar-refractivity contribution is 0.102. The normalized spacial score (nSPS) is 11.0. The first-order chi connectivity index (χ1) is 10.2. The Hall–Kier alpha value is -2.26. The van der Waals surface area contributed by atoms with Crippen molar-refractivity contribution < 1.29 is 4.79 Å². The highest BCUT2D eigenvalue weighted by Gasteiger charge is 2.10. The van der Waals surface area contributed by atoms with E-state index in [-0.39, 0.29) is 5.91 Å². The summed E-state index contributed by atoms with van der Waals surface area (Å²) >= 11 is 5.80. The van der Waals surface area contributed by atoms with Crippen LogP contribution in [0.15, 0.2) is 65.7 Å². The van der Waals surface area contributed by atoms with Gasteiger partial charge in [0.2, 0.25) is 0 Å². The standard InChI is InChI=1S/C17H17ClN2O/c1-13(18)11-12-19-16-10-6-5-9-15(16)17(21)20-14-7-3-2-4-8-14/h2-11,19H,12H2,1H3,(H,20,21)/b13-11+. The molecule has 2 rings (SSSR count). The van der Waals surface area contributed by atoms with E-state index in [2.05, 4.69) is 10.6 Å². The van der Waals surface area contributed by atoms with Gasteiger partial charge in [0.15, 0.2) is 0 Å². The average Bonchev–Trinajstić information content (AvgIpc) is 2.48. The van der Waals surface area contributed by atoms with E-state index in [9.17, 15) is 4.79 Å². The lowest BCUT2D eigenvalue weighted by Crippen LogP contribution is -2.14. The van der Waals surface area contributed by atoms with Gasteiger partial charge in [0, 0.05) is 23.0 Å². The largest absolute Gasteiger partial charge is 0.381 e. The van der Waals surface area contributed by atoms with E-state index in [0.717, 1.165) is 11.4 Å². The van der Waals surface area contributed by atoms with Gasteiger partial charge in [-0.1, -0.05) is 48.0 Å². The zero-order chi connectivity index (χ0) is 15.1. The van der Waals surface area contributed by atoms with Crippen LogP contribution in [0.2, 0.25) is 0 Å². The van der Waals surface area contributed by atoms with Gasteiger partial charge >= 0.3 is 0 Å². The predicted molar refractivity (Wildman–Crippen MR) is 88.9 cm³/mol. The van der Waals surface area contributed by atoms with Crippen molar-refractivity contribution in [2.45, 2.75) is 6.92 Å². The molecule has 0 atom stereocenters. The number of anilines is 2. The number of hydrogen-bond donors (Lipinski definition) is 2. The number of halogens is 1. The van der Waals surface area contributed by atoms with Gasteiger partial charge in [0.1, 0.15) is 0 Å². The van der Waals surface area contributed by atoms with Gasteiger partial charge < -0.3 is 10.6 Å². The van der Waals surface area contributed by atoms with Gasteiger partial charge in [-0.2, -0.15) is 0 Å². The van der Waals surface area contributed by atoms with Crippen molar-refractivity contribution in [2.75, 3.05) is 17.2 Å². The molecule has 0 aliphatic rings. The number of allylic oxidation sites excluding steroid dienone is 1. The minimum Gasteiger partial charge on any atom is -0.381 e. The average molecular weight is 301 g/mol. The fraction of sp³-hybridized carbons (Fsp3) is 0.118. The number of para-hydroxylation sites is 2. The van der Waals surface area contributed by atoms with E-state index >= 15 is 0 Å². The van der Waals surface area contributed by atoms with E-state index in [1.165, 1.54) is 0 Å². The third-order valence-corrected chi connectivity index (χ3v) is 3.03. The Kier molecular flexibility index (Phi) is 5.41. The first-order valence-electron chi connectivity index (χ1n) is 6.68. The van der Waals surface area contributed by atoms with Crippen molar-refractivity contribution in [1.29, 1.82) is 0 Å². The Bertz CT molecular complexity index is 634. The summed E-state index contributed by atoms with van der Waals surface area (Å²) in [5.74, 6) is -0.143. The maximum absolute atomic E-state index is 12.3. The number of amides is 1. The molecule has 0 heterocycles. The Labute approximate surface area is 129 Å². The molecule has 21 heavy (non-hydrogen) atoms. The van der Waals surface area contributed by atoms with E-state index < -0.39 is 0 Å². The van der Waals surface area contributed by atoms with E-state index in [1.807, 2.05) is 61.5 Å². The van der Waals surface area contributed by atoms with Crippen molar-refractivity contribution in [3.8, 4) is 0 Å². The Morgan fingerprint density at radius 1 is 1.10 bits per heavy atom. The molecule has 2 N–H and O–H groups in total. The van der Waals surface area contributed by atoms with Crippen LogP contribution in [0.3, 0.4) is 0 Å². The first-order valence-corrected chi connectivity index (χ1v) is 7.06. The van der Waals surface area contributed by atoms with Gasteiger partial charge in [-0.3, -0.25) is 4.79 Å². The number of rotatable bonds is 5. The second-order valence-electron chi connectivity index (χ2n) is 4.54. The molecule has 4 heteroatoms. The second-order valence-corrected chi connectivity index (χ2v) is 5.13. The summed E-state index contributed by atoms with van der Waals surface area (Å²) in [5, 5.41) is 6.78. The molecule has 2 aromatic carbocycles. The van der Waals surface area contributed by atoms with Crippen LogP contribution in [-0.4, -0.2) is 12.5 Å². The third-order valence-electron chi connectivity index (χ3n) is 2.88. The number of carbonyl (C=O) groups is 1. The number of hydrogen-bond acceptors (Lipinski definition) is 2. The zero-order valence-corrected chi connectivity index (χ0v) is 12.5. The zero-order valence-electron chi connectivity index (χ0n) is 11.8. The van der Waals surface area contributed by atoms with E-state index in [4.69, 9.17) is 11.6 Å². The van der Waals surface area contributed by atoms with Gasteiger partial charge in [-0.05, 0) is 31.2 Å².